The smallest absolute Gasteiger partial charge is 0.287 e. The number of aliphatic imine (C=N–C) groups is 1. The third kappa shape index (κ3) is 7.15. The normalized spacial score (nSPS) is 11.5. The van der Waals surface area contributed by atoms with E-state index in [-0.39, 0.29) is 5.91 Å². The molecule has 0 aromatic carbocycles. The summed E-state index contributed by atoms with van der Waals surface area (Å²) in [6.07, 6.45) is 7.07. The van der Waals surface area contributed by atoms with Gasteiger partial charge in [-0.15, -0.1) is 0 Å². The molecule has 0 radical (unpaired) electrons. The fraction of sp³-hybridized carbons (Fsp3) is 0.625. The summed E-state index contributed by atoms with van der Waals surface area (Å²) >= 11 is 0. The summed E-state index contributed by atoms with van der Waals surface area (Å²) < 4.78 is 5.12. The molecule has 1 aromatic rings. The van der Waals surface area contributed by atoms with Gasteiger partial charge in [0.1, 0.15) is 0 Å². The highest BCUT2D eigenvalue weighted by atomic mass is 16.3. The summed E-state index contributed by atoms with van der Waals surface area (Å²) in [5, 5.41) is 5.90. The van der Waals surface area contributed by atoms with Gasteiger partial charge in [0.15, 0.2) is 11.7 Å². The van der Waals surface area contributed by atoms with Crippen molar-refractivity contribution in [1.82, 2.24) is 10.6 Å². The number of carbonyl (C=O) groups excluding carboxylic acids is 1. The largest absolute Gasteiger partial charge is 0.459 e. The minimum atomic E-state index is -0.187. The SMILES string of the molecule is CCCCCCNC(N)=NCCCNC(=O)c1occc1C. The van der Waals surface area contributed by atoms with Crippen molar-refractivity contribution in [1.29, 1.82) is 0 Å². The topological polar surface area (TPSA) is 92.6 Å². The Balaban J connectivity index is 2.07. The maximum absolute atomic E-state index is 11.8. The summed E-state index contributed by atoms with van der Waals surface area (Å²) in [6.45, 7) is 6.03. The number of nitrogens with one attached hydrogen (secondary N) is 2. The third-order valence-electron chi connectivity index (χ3n) is 3.31. The van der Waals surface area contributed by atoms with Gasteiger partial charge in [-0.3, -0.25) is 9.79 Å². The summed E-state index contributed by atoms with van der Waals surface area (Å²) in [7, 11) is 0. The first-order valence-electron chi connectivity index (χ1n) is 8.01. The third-order valence-corrected chi connectivity index (χ3v) is 3.31. The van der Waals surface area contributed by atoms with Gasteiger partial charge in [0.25, 0.3) is 5.91 Å². The Morgan fingerprint density at radius 2 is 2.00 bits per heavy atom. The highest BCUT2D eigenvalue weighted by Gasteiger charge is 2.10. The van der Waals surface area contributed by atoms with Crippen LogP contribution in [0.1, 0.15) is 55.1 Å². The number of furan rings is 1. The number of hydrogen-bond acceptors (Lipinski definition) is 3. The maximum atomic E-state index is 11.8. The molecular weight excluding hydrogens is 280 g/mol. The van der Waals surface area contributed by atoms with Gasteiger partial charge in [-0.2, -0.15) is 0 Å². The first-order chi connectivity index (χ1) is 10.6. The molecule has 0 atom stereocenters. The van der Waals surface area contributed by atoms with Gasteiger partial charge in [-0.25, -0.2) is 0 Å². The fourth-order valence-corrected chi connectivity index (χ4v) is 1.99. The molecular formula is C16H28N4O2. The molecule has 1 rings (SSSR count). The number of aryl methyl sites for hydroxylation is 1. The molecule has 1 aromatic heterocycles. The van der Waals surface area contributed by atoms with Gasteiger partial charge >= 0.3 is 0 Å². The minimum absolute atomic E-state index is 0.187. The lowest BCUT2D eigenvalue weighted by Gasteiger charge is -2.06. The van der Waals surface area contributed by atoms with Gasteiger partial charge < -0.3 is 20.8 Å². The lowest BCUT2D eigenvalue weighted by atomic mass is 10.2. The molecule has 6 heteroatoms. The van der Waals surface area contributed by atoms with E-state index in [0.717, 1.165) is 24.9 Å². The van der Waals surface area contributed by atoms with Crippen LogP contribution in [0.5, 0.6) is 0 Å². The molecule has 0 saturated carbocycles. The van der Waals surface area contributed by atoms with E-state index in [2.05, 4.69) is 22.5 Å². The molecule has 0 saturated heterocycles. The number of unbranched alkanes of at least 4 members (excludes halogenated alkanes) is 3. The lowest BCUT2D eigenvalue weighted by Crippen LogP contribution is -2.32. The van der Waals surface area contributed by atoms with Crippen LogP contribution in [-0.4, -0.2) is 31.5 Å². The highest BCUT2D eigenvalue weighted by molar-refractivity contribution is 5.92. The average Bonchev–Trinajstić information content (AvgIpc) is 2.92. The molecule has 0 bridgehead atoms. The molecule has 22 heavy (non-hydrogen) atoms. The number of nitrogens with two attached hydrogens (primary N) is 1. The second-order valence-corrected chi connectivity index (χ2v) is 5.30. The Labute approximate surface area is 132 Å². The van der Waals surface area contributed by atoms with E-state index < -0.39 is 0 Å². The van der Waals surface area contributed by atoms with Crippen LogP contribution in [0.3, 0.4) is 0 Å². The van der Waals surface area contributed by atoms with E-state index in [1.807, 2.05) is 6.92 Å². The van der Waals surface area contributed by atoms with Crippen molar-refractivity contribution in [3.05, 3.63) is 23.7 Å². The molecule has 0 aliphatic heterocycles. The van der Waals surface area contributed by atoms with Gasteiger partial charge in [0.05, 0.1) is 6.26 Å². The van der Waals surface area contributed by atoms with Crippen LogP contribution in [0, 0.1) is 6.92 Å². The Morgan fingerprint density at radius 1 is 1.23 bits per heavy atom. The number of rotatable bonds is 10. The van der Waals surface area contributed by atoms with E-state index in [1.54, 1.807) is 6.07 Å². The zero-order valence-electron chi connectivity index (χ0n) is 13.7. The first kappa shape index (κ1) is 18.1. The number of hydrogen-bond donors (Lipinski definition) is 3. The van der Waals surface area contributed by atoms with Crippen molar-refractivity contribution in [2.24, 2.45) is 10.7 Å². The van der Waals surface area contributed by atoms with Crippen molar-refractivity contribution in [3.63, 3.8) is 0 Å². The van der Waals surface area contributed by atoms with E-state index in [0.29, 0.717) is 24.8 Å². The molecule has 0 unspecified atom stereocenters. The van der Waals surface area contributed by atoms with Crippen LogP contribution in [0.25, 0.3) is 0 Å². The predicted molar refractivity (Wildman–Crippen MR) is 89.0 cm³/mol. The molecule has 1 amide bonds. The van der Waals surface area contributed by atoms with E-state index in [9.17, 15) is 4.79 Å². The summed E-state index contributed by atoms with van der Waals surface area (Å²) in [5.41, 5.74) is 6.60. The molecule has 0 fully saturated rings. The molecule has 0 aliphatic rings. The monoisotopic (exact) mass is 308 g/mol. The van der Waals surface area contributed by atoms with E-state index in [4.69, 9.17) is 10.2 Å². The standard InChI is InChI=1S/C16H28N4O2/c1-3-4-5-6-9-19-16(17)20-11-7-10-18-15(21)14-13(2)8-12-22-14/h8,12H,3-7,9-11H2,1-2H3,(H,18,21)(H3,17,19,20). The zero-order valence-corrected chi connectivity index (χ0v) is 13.7. The van der Waals surface area contributed by atoms with Crippen LogP contribution in [0.4, 0.5) is 0 Å². The number of carbonyl (C=O) groups is 1. The molecule has 0 spiro atoms. The van der Waals surface area contributed by atoms with Crippen molar-refractivity contribution < 1.29 is 9.21 Å². The van der Waals surface area contributed by atoms with Crippen LogP contribution >= 0.6 is 0 Å². The summed E-state index contributed by atoms with van der Waals surface area (Å²) in [5.74, 6) is 0.662. The van der Waals surface area contributed by atoms with Gasteiger partial charge in [-0.05, 0) is 25.8 Å². The zero-order chi connectivity index (χ0) is 16.2. The summed E-state index contributed by atoms with van der Waals surface area (Å²) in [4.78, 5) is 16.0. The minimum Gasteiger partial charge on any atom is -0.459 e. The lowest BCUT2D eigenvalue weighted by molar-refractivity contribution is 0.0925. The van der Waals surface area contributed by atoms with Crippen LogP contribution in [-0.2, 0) is 0 Å². The van der Waals surface area contributed by atoms with Crippen molar-refractivity contribution in [2.75, 3.05) is 19.6 Å². The van der Waals surface area contributed by atoms with Crippen LogP contribution in [0.15, 0.2) is 21.7 Å². The Kier molecular flexibility index (Phi) is 8.79. The second kappa shape index (κ2) is 10.7. The fourth-order valence-electron chi connectivity index (χ4n) is 1.99. The second-order valence-electron chi connectivity index (χ2n) is 5.30. The van der Waals surface area contributed by atoms with Crippen molar-refractivity contribution in [2.45, 2.75) is 46.0 Å². The molecule has 4 N–H and O–H groups in total. The molecule has 1 heterocycles. The molecule has 124 valence electrons. The van der Waals surface area contributed by atoms with Crippen LogP contribution < -0.4 is 16.4 Å². The quantitative estimate of drug-likeness (QED) is 0.351. The van der Waals surface area contributed by atoms with Crippen LogP contribution in [0.2, 0.25) is 0 Å². The Morgan fingerprint density at radius 3 is 2.68 bits per heavy atom. The average molecular weight is 308 g/mol. The molecule has 6 nitrogen and oxygen atoms in total. The number of guanidine groups is 1. The van der Waals surface area contributed by atoms with Gasteiger partial charge in [0.2, 0.25) is 0 Å². The maximum Gasteiger partial charge on any atom is 0.287 e. The van der Waals surface area contributed by atoms with Crippen molar-refractivity contribution in [3.8, 4) is 0 Å². The number of amides is 1. The Hall–Kier alpha value is -1.98. The van der Waals surface area contributed by atoms with E-state index >= 15 is 0 Å². The van der Waals surface area contributed by atoms with Gasteiger partial charge in [-0.1, -0.05) is 26.2 Å². The Bertz CT molecular complexity index is 468. The predicted octanol–water partition coefficient (Wildman–Crippen LogP) is 2.19. The number of nitrogens with zero attached hydrogens (tertiary/aromatic N) is 1. The summed E-state index contributed by atoms with van der Waals surface area (Å²) in [6, 6.07) is 1.77. The highest BCUT2D eigenvalue weighted by Crippen LogP contribution is 2.07. The first-order valence-corrected chi connectivity index (χ1v) is 8.01. The molecule has 0 aliphatic carbocycles. The van der Waals surface area contributed by atoms with Gasteiger partial charge in [0, 0.05) is 25.2 Å². The van der Waals surface area contributed by atoms with E-state index in [1.165, 1.54) is 25.5 Å². The van der Waals surface area contributed by atoms with Crippen molar-refractivity contribution >= 4 is 11.9 Å².